The van der Waals surface area contributed by atoms with Crippen molar-refractivity contribution in [3.63, 3.8) is 0 Å². The van der Waals surface area contributed by atoms with Crippen molar-refractivity contribution in [1.82, 2.24) is 9.97 Å². The Bertz CT molecular complexity index is 1300. The quantitative estimate of drug-likeness (QED) is 0.341. The molecule has 32 heavy (non-hydrogen) atoms. The summed E-state index contributed by atoms with van der Waals surface area (Å²) in [6, 6.07) is 17.0. The topological polar surface area (TPSA) is 35.0 Å². The van der Waals surface area contributed by atoms with Gasteiger partial charge in [0.25, 0.3) is 0 Å². The van der Waals surface area contributed by atoms with Crippen molar-refractivity contribution in [3.8, 4) is 22.3 Å². The van der Waals surface area contributed by atoms with Gasteiger partial charge in [0.2, 0.25) is 0 Å². The summed E-state index contributed by atoms with van der Waals surface area (Å²) in [4.78, 5) is 8.92. The Kier molecular flexibility index (Phi) is 6.06. The standard InChI is InChI=1S/C26H21F3N2O/c1-17-8-9-19(18-5-3-6-22(14-18)26(27,28)29)15-23(17)20-10-11-24-21(13-20)16-30-25(31-24)7-4-12-32-2/h3-11,13-16H,12H2,1-2H3/b7-4+. The van der Waals surface area contributed by atoms with Gasteiger partial charge in [0, 0.05) is 18.7 Å². The SMILES string of the molecule is COC/C=C/c1ncc2cc(-c3cc(-c4cccc(C(F)(F)F)c4)ccc3C)ccc2n1. The molecular weight excluding hydrogens is 413 g/mol. The van der Waals surface area contributed by atoms with Crippen molar-refractivity contribution in [2.75, 3.05) is 13.7 Å². The normalized spacial score (nSPS) is 12.0. The number of aromatic nitrogens is 2. The maximum absolute atomic E-state index is 13.1. The van der Waals surface area contributed by atoms with E-state index >= 15 is 0 Å². The molecule has 0 atom stereocenters. The average molecular weight is 434 g/mol. The van der Waals surface area contributed by atoms with E-state index in [1.807, 2.05) is 49.4 Å². The molecule has 0 radical (unpaired) electrons. The van der Waals surface area contributed by atoms with Crippen molar-refractivity contribution in [1.29, 1.82) is 0 Å². The minimum Gasteiger partial charge on any atom is -0.381 e. The van der Waals surface area contributed by atoms with E-state index in [0.29, 0.717) is 18.0 Å². The van der Waals surface area contributed by atoms with Gasteiger partial charge in [-0.15, -0.1) is 0 Å². The van der Waals surface area contributed by atoms with Crippen LogP contribution in [0.3, 0.4) is 0 Å². The van der Waals surface area contributed by atoms with Gasteiger partial charge in [-0.1, -0.05) is 36.4 Å². The molecule has 0 spiro atoms. The highest BCUT2D eigenvalue weighted by atomic mass is 19.4. The molecule has 0 saturated heterocycles. The summed E-state index contributed by atoms with van der Waals surface area (Å²) in [6.45, 7) is 2.47. The predicted molar refractivity (Wildman–Crippen MR) is 121 cm³/mol. The molecule has 3 aromatic carbocycles. The lowest BCUT2D eigenvalue weighted by atomic mass is 9.94. The first-order valence-electron chi connectivity index (χ1n) is 10.1. The zero-order chi connectivity index (χ0) is 22.7. The van der Waals surface area contributed by atoms with E-state index in [9.17, 15) is 13.2 Å². The zero-order valence-electron chi connectivity index (χ0n) is 17.6. The van der Waals surface area contributed by atoms with Crippen LogP contribution in [0.15, 0.2) is 72.9 Å². The molecule has 0 amide bonds. The van der Waals surface area contributed by atoms with Crippen LogP contribution in [0.4, 0.5) is 13.2 Å². The number of nitrogens with zero attached hydrogens (tertiary/aromatic N) is 2. The van der Waals surface area contributed by atoms with Gasteiger partial charge in [-0.25, -0.2) is 9.97 Å². The molecule has 0 N–H and O–H groups in total. The third kappa shape index (κ3) is 4.70. The van der Waals surface area contributed by atoms with E-state index in [0.717, 1.165) is 39.2 Å². The summed E-state index contributed by atoms with van der Waals surface area (Å²) in [5.74, 6) is 0.602. The molecule has 0 saturated carbocycles. The van der Waals surface area contributed by atoms with E-state index in [-0.39, 0.29) is 0 Å². The Morgan fingerprint density at radius 1 is 0.938 bits per heavy atom. The van der Waals surface area contributed by atoms with Crippen LogP contribution < -0.4 is 0 Å². The lowest BCUT2D eigenvalue weighted by Gasteiger charge is -2.12. The predicted octanol–water partition coefficient (Wildman–Crippen LogP) is 6.95. The van der Waals surface area contributed by atoms with Crippen molar-refractivity contribution < 1.29 is 17.9 Å². The van der Waals surface area contributed by atoms with Gasteiger partial charge in [0.05, 0.1) is 17.7 Å². The Balaban J connectivity index is 1.71. The van der Waals surface area contributed by atoms with E-state index in [4.69, 9.17) is 4.74 Å². The number of halogens is 3. The highest BCUT2D eigenvalue weighted by Crippen LogP contribution is 2.34. The molecule has 1 heterocycles. The molecule has 4 rings (SSSR count). The molecular formula is C26H21F3N2O. The number of aryl methyl sites for hydroxylation is 1. The lowest BCUT2D eigenvalue weighted by molar-refractivity contribution is -0.137. The number of hydrogen-bond acceptors (Lipinski definition) is 3. The second kappa shape index (κ2) is 8.93. The molecule has 0 bridgehead atoms. The number of fused-ring (bicyclic) bond motifs is 1. The average Bonchev–Trinajstić information content (AvgIpc) is 2.79. The van der Waals surface area contributed by atoms with Crippen LogP contribution in [0.1, 0.15) is 17.0 Å². The summed E-state index contributed by atoms with van der Waals surface area (Å²) >= 11 is 0. The largest absolute Gasteiger partial charge is 0.416 e. The van der Waals surface area contributed by atoms with Crippen molar-refractivity contribution in [3.05, 3.63) is 89.9 Å². The summed E-state index contributed by atoms with van der Waals surface area (Å²) in [5.41, 5.74) is 4.34. The molecule has 0 aliphatic heterocycles. The lowest BCUT2D eigenvalue weighted by Crippen LogP contribution is -2.04. The van der Waals surface area contributed by atoms with Crippen LogP contribution in [-0.2, 0) is 10.9 Å². The monoisotopic (exact) mass is 434 g/mol. The number of ether oxygens (including phenoxy) is 1. The summed E-state index contributed by atoms with van der Waals surface area (Å²) in [6.07, 6.45) is 1.04. The summed E-state index contributed by atoms with van der Waals surface area (Å²) < 4.78 is 44.4. The zero-order valence-corrected chi connectivity index (χ0v) is 17.6. The van der Waals surface area contributed by atoms with E-state index in [2.05, 4.69) is 9.97 Å². The number of benzene rings is 3. The third-order valence-electron chi connectivity index (χ3n) is 5.20. The second-order valence-electron chi connectivity index (χ2n) is 7.47. The van der Waals surface area contributed by atoms with Crippen LogP contribution in [-0.4, -0.2) is 23.7 Å². The minimum absolute atomic E-state index is 0.488. The van der Waals surface area contributed by atoms with E-state index in [1.165, 1.54) is 12.1 Å². The van der Waals surface area contributed by atoms with Gasteiger partial charge in [-0.3, -0.25) is 0 Å². The highest BCUT2D eigenvalue weighted by molar-refractivity contribution is 5.86. The Hall–Kier alpha value is -3.51. The second-order valence-corrected chi connectivity index (χ2v) is 7.47. The maximum Gasteiger partial charge on any atom is 0.416 e. The molecule has 6 heteroatoms. The number of alkyl halides is 3. The van der Waals surface area contributed by atoms with Crippen LogP contribution in [0.25, 0.3) is 39.2 Å². The first-order chi connectivity index (χ1) is 15.3. The van der Waals surface area contributed by atoms with Crippen molar-refractivity contribution >= 4 is 17.0 Å². The van der Waals surface area contributed by atoms with Gasteiger partial charge >= 0.3 is 6.18 Å². The Morgan fingerprint density at radius 2 is 1.72 bits per heavy atom. The van der Waals surface area contributed by atoms with E-state index in [1.54, 1.807) is 25.4 Å². The molecule has 0 aliphatic rings. The smallest absolute Gasteiger partial charge is 0.381 e. The first kappa shape index (κ1) is 21.7. The van der Waals surface area contributed by atoms with Crippen molar-refractivity contribution in [2.24, 2.45) is 0 Å². The fourth-order valence-electron chi connectivity index (χ4n) is 3.53. The maximum atomic E-state index is 13.1. The minimum atomic E-state index is -4.38. The molecule has 162 valence electrons. The highest BCUT2D eigenvalue weighted by Gasteiger charge is 2.30. The van der Waals surface area contributed by atoms with Crippen LogP contribution in [0.2, 0.25) is 0 Å². The number of methoxy groups -OCH3 is 1. The van der Waals surface area contributed by atoms with E-state index < -0.39 is 11.7 Å². The van der Waals surface area contributed by atoms with Gasteiger partial charge in [0.1, 0.15) is 0 Å². The van der Waals surface area contributed by atoms with Crippen LogP contribution >= 0.6 is 0 Å². The Morgan fingerprint density at radius 3 is 2.50 bits per heavy atom. The van der Waals surface area contributed by atoms with Gasteiger partial charge in [-0.05, 0) is 71.1 Å². The Labute approximate surface area is 184 Å². The molecule has 4 aromatic rings. The molecule has 1 aromatic heterocycles. The molecule has 0 unspecified atom stereocenters. The van der Waals surface area contributed by atoms with Gasteiger partial charge in [0.15, 0.2) is 5.82 Å². The van der Waals surface area contributed by atoms with Crippen molar-refractivity contribution in [2.45, 2.75) is 13.1 Å². The number of hydrogen-bond donors (Lipinski definition) is 0. The fourth-order valence-corrected chi connectivity index (χ4v) is 3.53. The third-order valence-corrected chi connectivity index (χ3v) is 5.20. The van der Waals surface area contributed by atoms with Gasteiger partial charge < -0.3 is 4.74 Å². The van der Waals surface area contributed by atoms with Crippen LogP contribution in [0.5, 0.6) is 0 Å². The fraction of sp³-hybridized carbons (Fsp3) is 0.154. The summed E-state index contributed by atoms with van der Waals surface area (Å²) in [5, 5.41) is 0.885. The number of rotatable bonds is 5. The van der Waals surface area contributed by atoms with Gasteiger partial charge in [-0.2, -0.15) is 13.2 Å². The molecule has 0 fully saturated rings. The summed E-state index contributed by atoms with van der Waals surface area (Å²) in [7, 11) is 1.62. The first-order valence-corrected chi connectivity index (χ1v) is 10.1. The van der Waals surface area contributed by atoms with Crippen LogP contribution in [0, 0.1) is 6.92 Å². The molecule has 0 aliphatic carbocycles. The molecule has 3 nitrogen and oxygen atoms in total.